The van der Waals surface area contributed by atoms with E-state index in [1.807, 2.05) is 13.1 Å². The van der Waals surface area contributed by atoms with Crippen LogP contribution in [0, 0.1) is 13.8 Å². The number of hydrogen-bond acceptors (Lipinski definition) is 3. The third-order valence-electron chi connectivity index (χ3n) is 4.16. The first kappa shape index (κ1) is 14.0. The molecule has 2 aromatic rings. The molecule has 21 heavy (non-hydrogen) atoms. The monoisotopic (exact) mass is 283 g/mol. The molecule has 0 radical (unpaired) electrons. The van der Waals surface area contributed by atoms with Crippen LogP contribution in [0.15, 0.2) is 36.4 Å². The first-order valence-corrected chi connectivity index (χ1v) is 7.30. The van der Waals surface area contributed by atoms with Crippen LogP contribution in [-0.2, 0) is 6.42 Å². The first-order chi connectivity index (χ1) is 10.2. The van der Waals surface area contributed by atoms with E-state index in [0.29, 0.717) is 6.79 Å². The molecule has 0 saturated carbocycles. The minimum Gasteiger partial charge on any atom is -0.454 e. The molecule has 3 heteroatoms. The molecule has 1 N–H and O–H groups in total. The molecule has 1 atom stereocenters. The normalized spacial score (nSPS) is 14.2. The number of likely N-dealkylation sites (N-methyl/N-ethyl adjacent to an activating group) is 1. The van der Waals surface area contributed by atoms with Gasteiger partial charge in [-0.3, -0.25) is 0 Å². The van der Waals surface area contributed by atoms with E-state index >= 15 is 0 Å². The van der Waals surface area contributed by atoms with Crippen molar-refractivity contribution in [1.82, 2.24) is 5.32 Å². The topological polar surface area (TPSA) is 30.5 Å². The summed E-state index contributed by atoms with van der Waals surface area (Å²) in [4.78, 5) is 0. The number of hydrogen-bond donors (Lipinski definition) is 1. The van der Waals surface area contributed by atoms with Gasteiger partial charge in [-0.2, -0.15) is 0 Å². The fourth-order valence-electron chi connectivity index (χ4n) is 2.68. The second-order valence-corrected chi connectivity index (χ2v) is 5.58. The van der Waals surface area contributed by atoms with Gasteiger partial charge in [0.05, 0.1) is 0 Å². The van der Waals surface area contributed by atoms with E-state index in [9.17, 15) is 0 Å². The highest BCUT2D eigenvalue weighted by Crippen LogP contribution is 2.34. The van der Waals surface area contributed by atoms with Crippen LogP contribution in [0.1, 0.15) is 28.3 Å². The Labute approximate surface area is 125 Å². The lowest BCUT2D eigenvalue weighted by Crippen LogP contribution is -2.18. The number of nitrogens with one attached hydrogen (secondary N) is 1. The number of ether oxygens (including phenoxy) is 2. The summed E-state index contributed by atoms with van der Waals surface area (Å²) in [5, 5.41) is 3.40. The third kappa shape index (κ3) is 2.88. The van der Waals surface area contributed by atoms with Gasteiger partial charge in [-0.15, -0.1) is 0 Å². The SMILES string of the molecule is CNC(Cc1ccc(C)c(C)c1)c1ccc2c(c1)OCO2. The van der Waals surface area contributed by atoms with Gasteiger partial charge in [0.2, 0.25) is 6.79 Å². The maximum Gasteiger partial charge on any atom is 0.231 e. The van der Waals surface area contributed by atoms with Crippen LogP contribution in [0.5, 0.6) is 11.5 Å². The molecule has 0 bridgehead atoms. The average Bonchev–Trinajstić information content (AvgIpc) is 2.95. The fraction of sp³-hybridized carbons (Fsp3) is 0.333. The van der Waals surface area contributed by atoms with Crippen LogP contribution in [-0.4, -0.2) is 13.8 Å². The second-order valence-electron chi connectivity index (χ2n) is 5.58. The van der Waals surface area contributed by atoms with E-state index in [4.69, 9.17) is 9.47 Å². The summed E-state index contributed by atoms with van der Waals surface area (Å²) in [5.74, 6) is 1.67. The minimum atomic E-state index is 0.265. The highest BCUT2D eigenvalue weighted by atomic mass is 16.7. The lowest BCUT2D eigenvalue weighted by molar-refractivity contribution is 0.174. The molecule has 0 amide bonds. The Morgan fingerprint density at radius 1 is 1.00 bits per heavy atom. The van der Waals surface area contributed by atoms with E-state index in [0.717, 1.165) is 17.9 Å². The molecule has 3 nitrogen and oxygen atoms in total. The summed E-state index contributed by atoms with van der Waals surface area (Å²) in [5.41, 5.74) is 5.24. The van der Waals surface area contributed by atoms with Crippen molar-refractivity contribution in [3.8, 4) is 11.5 Å². The van der Waals surface area contributed by atoms with Crippen LogP contribution >= 0.6 is 0 Å². The zero-order valence-electron chi connectivity index (χ0n) is 12.8. The van der Waals surface area contributed by atoms with Crippen molar-refractivity contribution in [2.45, 2.75) is 26.3 Å². The van der Waals surface area contributed by atoms with E-state index in [1.54, 1.807) is 0 Å². The Hall–Kier alpha value is -2.00. The van der Waals surface area contributed by atoms with E-state index < -0.39 is 0 Å². The molecular formula is C18H21NO2. The first-order valence-electron chi connectivity index (χ1n) is 7.30. The van der Waals surface area contributed by atoms with Crippen molar-refractivity contribution < 1.29 is 9.47 Å². The van der Waals surface area contributed by atoms with Crippen LogP contribution in [0.25, 0.3) is 0 Å². The zero-order chi connectivity index (χ0) is 14.8. The average molecular weight is 283 g/mol. The zero-order valence-corrected chi connectivity index (χ0v) is 12.8. The molecule has 1 unspecified atom stereocenters. The van der Waals surface area contributed by atoms with Gasteiger partial charge in [-0.1, -0.05) is 24.3 Å². The van der Waals surface area contributed by atoms with E-state index in [-0.39, 0.29) is 6.04 Å². The summed E-state index contributed by atoms with van der Waals surface area (Å²) in [7, 11) is 2.00. The quantitative estimate of drug-likeness (QED) is 0.931. The van der Waals surface area contributed by atoms with Crippen LogP contribution in [0.3, 0.4) is 0 Å². The van der Waals surface area contributed by atoms with Crippen molar-refractivity contribution in [3.63, 3.8) is 0 Å². The van der Waals surface area contributed by atoms with Gasteiger partial charge in [0.25, 0.3) is 0 Å². The molecule has 2 aromatic carbocycles. The Morgan fingerprint density at radius 3 is 2.57 bits per heavy atom. The Bertz CT molecular complexity index is 652. The van der Waals surface area contributed by atoms with Gasteiger partial charge < -0.3 is 14.8 Å². The summed E-state index contributed by atoms with van der Waals surface area (Å²) in [6.45, 7) is 4.63. The molecule has 0 saturated heterocycles. The minimum absolute atomic E-state index is 0.265. The van der Waals surface area contributed by atoms with Gasteiger partial charge in [-0.25, -0.2) is 0 Å². The van der Waals surface area contributed by atoms with Gasteiger partial charge in [-0.05, 0) is 61.7 Å². The number of aryl methyl sites for hydroxylation is 2. The van der Waals surface area contributed by atoms with Gasteiger partial charge >= 0.3 is 0 Å². The summed E-state index contributed by atoms with van der Waals surface area (Å²) < 4.78 is 10.8. The molecule has 0 fully saturated rings. The second kappa shape index (κ2) is 5.78. The predicted molar refractivity (Wildman–Crippen MR) is 84.0 cm³/mol. The molecule has 0 spiro atoms. The molecule has 1 aliphatic heterocycles. The number of fused-ring (bicyclic) bond motifs is 1. The molecule has 3 rings (SSSR count). The largest absolute Gasteiger partial charge is 0.454 e. The van der Waals surface area contributed by atoms with Crippen molar-refractivity contribution in [2.75, 3.05) is 13.8 Å². The van der Waals surface area contributed by atoms with Gasteiger partial charge in [0.15, 0.2) is 11.5 Å². The van der Waals surface area contributed by atoms with E-state index in [2.05, 4.69) is 49.5 Å². The smallest absolute Gasteiger partial charge is 0.231 e. The third-order valence-corrected chi connectivity index (χ3v) is 4.16. The fourth-order valence-corrected chi connectivity index (χ4v) is 2.68. The number of rotatable bonds is 4. The van der Waals surface area contributed by atoms with Crippen LogP contribution in [0.2, 0.25) is 0 Å². The molecule has 1 aliphatic rings. The molecule has 1 heterocycles. The lowest BCUT2D eigenvalue weighted by atomic mass is 9.96. The van der Waals surface area contributed by atoms with Crippen LogP contribution in [0.4, 0.5) is 0 Å². The van der Waals surface area contributed by atoms with E-state index in [1.165, 1.54) is 22.3 Å². The van der Waals surface area contributed by atoms with Crippen molar-refractivity contribution in [2.24, 2.45) is 0 Å². The summed E-state index contributed by atoms with van der Waals surface area (Å²) in [6, 6.07) is 13.1. The standard InChI is InChI=1S/C18H21NO2/c1-12-4-5-14(8-13(12)2)9-16(19-3)15-6-7-17-18(10-15)21-11-20-17/h4-8,10,16,19H,9,11H2,1-3H3. The van der Waals surface area contributed by atoms with Crippen molar-refractivity contribution in [3.05, 3.63) is 58.7 Å². The Morgan fingerprint density at radius 2 is 1.81 bits per heavy atom. The molecule has 0 aliphatic carbocycles. The highest BCUT2D eigenvalue weighted by Gasteiger charge is 2.17. The summed E-state index contributed by atoms with van der Waals surface area (Å²) in [6.07, 6.45) is 0.956. The highest BCUT2D eigenvalue weighted by molar-refractivity contribution is 5.45. The van der Waals surface area contributed by atoms with Crippen molar-refractivity contribution >= 4 is 0 Å². The number of benzene rings is 2. The summed E-state index contributed by atoms with van der Waals surface area (Å²) >= 11 is 0. The van der Waals surface area contributed by atoms with Crippen molar-refractivity contribution in [1.29, 1.82) is 0 Å². The maximum atomic E-state index is 5.47. The Kier molecular flexibility index (Phi) is 3.84. The van der Waals surface area contributed by atoms with Gasteiger partial charge in [0, 0.05) is 6.04 Å². The Balaban J connectivity index is 1.83. The molecule has 110 valence electrons. The maximum absolute atomic E-state index is 5.47. The lowest BCUT2D eigenvalue weighted by Gasteiger charge is -2.18. The predicted octanol–water partition coefficient (Wildman–Crippen LogP) is 3.54. The van der Waals surface area contributed by atoms with Crippen LogP contribution < -0.4 is 14.8 Å². The molecule has 0 aromatic heterocycles. The molecular weight excluding hydrogens is 262 g/mol. The van der Waals surface area contributed by atoms with Gasteiger partial charge in [0.1, 0.15) is 0 Å².